The van der Waals surface area contributed by atoms with Gasteiger partial charge >= 0.3 is 0 Å². The van der Waals surface area contributed by atoms with Gasteiger partial charge in [-0.1, -0.05) is 15.9 Å². The van der Waals surface area contributed by atoms with Crippen LogP contribution in [0.2, 0.25) is 0 Å². The number of alkyl halides is 1. The van der Waals surface area contributed by atoms with Crippen molar-refractivity contribution in [1.29, 1.82) is 0 Å². The average Bonchev–Trinajstić information content (AvgIpc) is 2.54. The molecule has 0 aliphatic rings. The summed E-state index contributed by atoms with van der Waals surface area (Å²) in [6.45, 7) is 6.47. The van der Waals surface area contributed by atoms with Crippen LogP contribution < -0.4 is 5.32 Å². The predicted molar refractivity (Wildman–Crippen MR) is 65.0 cm³/mol. The van der Waals surface area contributed by atoms with Crippen molar-refractivity contribution in [2.45, 2.75) is 37.7 Å². The van der Waals surface area contributed by atoms with E-state index in [2.05, 4.69) is 21.2 Å². The Bertz CT molecular complexity index is 314. The molecule has 1 aromatic heterocycles. The molecule has 0 bridgehead atoms. The van der Waals surface area contributed by atoms with Crippen molar-refractivity contribution in [3.05, 3.63) is 24.5 Å². The van der Waals surface area contributed by atoms with E-state index in [0.717, 1.165) is 6.54 Å². The van der Waals surface area contributed by atoms with Gasteiger partial charge in [-0.15, -0.1) is 0 Å². The van der Waals surface area contributed by atoms with Crippen LogP contribution in [0, 0.1) is 0 Å². The van der Waals surface area contributed by atoms with E-state index in [1.807, 2.05) is 49.9 Å². The largest absolute Gasteiger partial charge is 0.352 e. The number of amides is 1. The molecule has 0 radical (unpaired) electrons. The Morgan fingerprint density at radius 3 is 2.47 bits per heavy atom. The van der Waals surface area contributed by atoms with Gasteiger partial charge in [-0.2, -0.15) is 0 Å². The molecule has 3 nitrogen and oxygen atoms in total. The maximum absolute atomic E-state index is 11.6. The monoisotopic (exact) mass is 272 g/mol. The molecule has 1 rings (SSSR count). The van der Waals surface area contributed by atoms with E-state index in [-0.39, 0.29) is 11.9 Å². The normalized spacial score (nSPS) is 13.6. The molecule has 1 N–H and O–H groups in total. The summed E-state index contributed by atoms with van der Waals surface area (Å²) in [5.41, 5.74) is 0. The van der Waals surface area contributed by atoms with E-state index < -0.39 is 4.32 Å². The molecular formula is C11H17BrN2O. The minimum atomic E-state index is -0.502. The van der Waals surface area contributed by atoms with Gasteiger partial charge in [0.05, 0.1) is 4.32 Å². The number of nitrogens with zero attached hydrogens (tertiary/aromatic N) is 1. The van der Waals surface area contributed by atoms with Crippen LogP contribution in [0.5, 0.6) is 0 Å². The zero-order valence-electron chi connectivity index (χ0n) is 9.33. The first-order chi connectivity index (χ1) is 6.89. The molecule has 0 spiro atoms. The summed E-state index contributed by atoms with van der Waals surface area (Å²) >= 11 is 3.33. The molecule has 1 amide bonds. The second-order valence-corrected chi connectivity index (χ2v) is 6.21. The summed E-state index contributed by atoms with van der Waals surface area (Å²) < 4.78 is 1.55. The quantitative estimate of drug-likeness (QED) is 0.838. The van der Waals surface area contributed by atoms with Crippen molar-refractivity contribution in [1.82, 2.24) is 9.88 Å². The van der Waals surface area contributed by atoms with Crippen molar-refractivity contribution in [3.8, 4) is 0 Å². The molecule has 4 heteroatoms. The topological polar surface area (TPSA) is 34.0 Å². The van der Waals surface area contributed by atoms with Crippen LogP contribution >= 0.6 is 15.9 Å². The lowest BCUT2D eigenvalue weighted by molar-refractivity contribution is -0.123. The molecule has 0 aliphatic carbocycles. The van der Waals surface area contributed by atoms with Gasteiger partial charge < -0.3 is 9.88 Å². The highest BCUT2D eigenvalue weighted by Crippen LogP contribution is 2.15. The molecule has 0 aromatic carbocycles. The van der Waals surface area contributed by atoms with Gasteiger partial charge in [-0.05, 0) is 32.9 Å². The lowest BCUT2D eigenvalue weighted by Gasteiger charge is -2.20. The van der Waals surface area contributed by atoms with Gasteiger partial charge in [0.15, 0.2) is 0 Å². The second-order valence-electron chi connectivity index (χ2n) is 4.23. The lowest BCUT2D eigenvalue weighted by Crippen LogP contribution is -2.43. The molecular weight excluding hydrogens is 256 g/mol. The summed E-state index contributed by atoms with van der Waals surface area (Å²) in [6.07, 6.45) is 3.98. The van der Waals surface area contributed by atoms with Crippen molar-refractivity contribution in [2.24, 2.45) is 0 Å². The standard InChI is InChI=1S/C11H17BrN2O/c1-9(8-14-6-4-5-7-14)13-10(15)11(2,3)12/h4-7,9H,8H2,1-3H3,(H,13,15). The molecule has 15 heavy (non-hydrogen) atoms. The summed E-state index contributed by atoms with van der Waals surface area (Å²) in [4.78, 5) is 11.6. The fourth-order valence-corrected chi connectivity index (χ4v) is 1.36. The van der Waals surface area contributed by atoms with Crippen LogP contribution in [0.1, 0.15) is 20.8 Å². The van der Waals surface area contributed by atoms with Gasteiger partial charge in [0.25, 0.3) is 0 Å². The van der Waals surface area contributed by atoms with E-state index in [4.69, 9.17) is 0 Å². The molecule has 1 aromatic rings. The van der Waals surface area contributed by atoms with Crippen molar-refractivity contribution in [3.63, 3.8) is 0 Å². The molecule has 0 fully saturated rings. The third-order valence-electron chi connectivity index (χ3n) is 2.07. The Morgan fingerprint density at radius 1 is 1.47 bits per heavy atom. The fourth-order valence-electron chi connectivity index (χ4n) is 1.25. The van der Waals surface area contributed by atoms with Crippen LogP contribution in [-0.4, -0.2) is 20.8 Å². The SMILES string of the molecule is CC(Cn1cccc1)NC(=O)C(C)(C)Br. The zero-order chi connectivity index (χ0) is 11.5. The molecule has 84 valence electrons. The Balaban J connectivity index is 2.43. The summed E-state index contributed by atoms with van der Waals surface area (Å²) in [5, 5.41) is 2.95. The first-order valence-electron chi connectivity index (χ1n) is 5.00. The highest BCUT2D eigenvalue weighted by molar-refractivity contribution is 9.10. The number of aromatic nitrogens is 1. The van der Waals surface area contributed by atoms with Crippen LogP contribution in [0.15, 0.2) is 24.5 Å². The first kappa shape index (κ1) is 12.3. The number of hydrogen-bond acceptors (Lipinski definition) is 1. The molecule has 0 saturated heterocycles. The number of nitrogens with one attached hydrogen (secondary N) is 1. The van der Waals surface area contributed by atoms with Crippen molar-refractivity contribution in [2.75, 3.05) is 0 Å². The Labute approximate surface area is 99.0 Å². The lowest BCUT2D eigenvalue weighted by atomic mass is 10.2. The van der Waals surface area contributed by atoms with E-state index in [9.17, 15) is 4.79 Å². The Hall–Kier alpha value is -0.770. The molecule has 1 unspecified atom stereocenters. The van der Waals surface area contributed by atoms with E-state index in [1.165, 1.54) is 0 Å². The molecule has 1 atom stereocenters. The van der Waals surface area contributed by atoms with Gasteiger partial charge in [-0.25, -0.2) is 0 Å². The van der Waals surface area contributed by atoms with Crippen LogP contribution in [0.25, 0.3) is 0 Å². The summed E-state index contributed by atoms with van der Waals surface area (Å²) in [6, 6.07) is 4.08. The predicted octanol–water partition coefficient (Wildman–Crippen LogP) is 2.17. The van der Waals surface area contributed by atoms with Gasteiger partial charge in [0.1, 0.15) is 0 Å². The van der Waals surface area contributed by atoms with Crippen molar-refractivity contribution < 1.29 is 4.79 Å². The highest BCUT2D eigenvalue weighted by atomic mass is 79.9. The molecule has 1 heterocycles. The summed E-state index contributed by atoms with van der Waals surface area (Å²) in [7, 11) is 0. The highest BCUT2D eigenvalue weighted by Gasteiger charge is 2.24. The van der Waals surface area contributed by atoms with Crippen LogP contribution in [0.4, 0.5) is 0 Å². The van der Waals surface area contributed by atoms with E-state index >= 15 is 0 Å². The smallest absolute Gasteiger partial charge is 0.236 e. The second kappa shape index (κ2) is 4.84. The Kier molecular flexibility index (Phi) is 3.97. The van der Waals surface area contributed by atoms with Gasteiger partial charge in [0.2, 0.25) is 5.91 Å². The number of hydrogen-bond donors (Lipinski definition) is 1. The maximum Gasteiger partial charge on any atom is 0.236 e. The maximum atomic E-state index is 11.6. The van der Waals surface area contributed by atoms with Gasteiger partial charge in [0, 0.05) is 25.0 Å². The van der Waals surface area contributed by atoms with E-state index in [0.29, 0.717) is 0 Å². The van der Waals surface area contributed by atoms with E-state index in [1.54, 1.807) is 0 Å². The van der Waals surface area contributed by atoms with Crippen LogP contribution in [0.3, 0.4) is 0 Å². The Morgan fingerprint density at radius 2 is 2.00 bits per heavy atom. The number of carbonyl (C=O) groups is 1. The number of rotatable bonds is 4. The zero-order valence-corrected chi connectivity index (χ0v) is 10.9. The molecule has 0 saturated carbocycles. The minimum absolute atomic E-state index is 0.0159. The number of carbonyl (C=O) groups excluding carboxylic acids is 1. The number of halogens is 1. The fraction of sp³-hybridized carbons (Fsp3) is 0.545. The average molecular weight is 273 g/mol. The molecule has 0 aliphatic heterocycles. The first-order valence-corrected chi connectivity index (χ1v) is 5.79. The van der Waals surface area contributed by atoms with Crippen LogP contribution in [-0.2, 0) is 11.3 Å². The third-order valence-corrected chi connectivity index (χ3v) is 2.43. The van der Waals surface area contributed by atoms with Crippen molar-refractivity contribution >= 4 is 21.8 Å². The third kappa shape index (κ3) is 4.08. The van der Waals surface area contributed by atoms with Gasteiger partial charge in [-0.3, -0.25) is 4.79 Å². The minimum Gasteiger partial charge on any atom is -0.352 e. The summed E-state index contributed by atoms with van der Waals surface area (Å²) in [5.74, 6) is 0.0159.